The molecule has 3 aromatic carbocycles. The van der Waals surface area contributed by atoms with Gasteiger partial charge < -0.3 is 4.74 Å². The SMILES string of the molecule is COc1ccc(N2C(=O)S[C@](c3ccccc3)([C@H](C[N+](=O)[O-])c3ccc(F)cc3)C2=O)cc1. The number of imide groups is 1. The second-order valence-electron chi connectivity index (χ2n) is 7.43. The number of hydrogen-bond donors (Lipinski definition) is 0. The van der Waals surface area contributed by atoms with Gasteiger partial charge in [-0.15, -0.1) is 0 Å². The summed E-state index contributed by atoms with van der Waals surface area (Å²) in [6.45, 7) is -0.622. The van der Waals surface area contributed by atoms with Gasteiger partial charge in [0.15, 0.2) is 0 Å². The molecule has 0 saturated carbocycles. The molecule has 2 amide bonds. The average molecular weight is 466 g/mol. The van der Waals surface area contributed by atoms with Crippen LogP contribution in [0.5, 0.6) is 5.75 Å². The molecule has 0 spiro atoms. The molecule has 0 bridgehead atoms. The summed E-state index contributed by atoms with van der Waals surface area (Å²) in [5, 5.41) is 11.1. The van der Waals surface area contributed by atoms with E-state index >= 15 is 0 Å². The van der Waals surface area contributed by atoms with Gasteiger partial charge in [-0.25, -0.2) is 9.29 Å². The number of carbonyl (C=O) groups excluding carboxylic acids is 2. The topological polar surface area (TPSA) is 89.8 Å². The molecule has 0 N–H and O–H groups in total. The van der Waals surface area contributed by atoms with Crippen LogP contribution in [0, 0.1) is 15.9 Å². The number of carbonyl (C=O) groups is 2. The Hall–Kier alpha value is -3.72. The van der Waals surface area contributed by atoms with Gasteiger partial charge in [-0.1, -0.05) is 42.5 Å². The van der Waals surface area contributed by atoms with Crippen molar-refractivity contribution in [3.8, 4) is 5.75 Å². The lowest BCUT2D eigenvalue weighted by atomic mass is 9.79. The van der Waals surface area contributed by atoms with E-state index in [4.69, 9.17) is 4.74 Å². The second kappa shape index (κ2) is 9.03. The molecule has 0 aliphatic carbocycles. The fraction of sp³-hybridized carbons (Fsp3) is 0.167. The average Bonchev–Trinajstić information content (AvgIpc) is 3.09. The summed E-state index contributed by atoms with van der Waals surface area (Å²) in [6.07, 6.45) is 0. The molecule has 4 rings (SSSR count). The van der Waals surface area contributed by atoms with Gasteiger partial charge in [0.05, 0.1) is 18.7 Å². The Kier molecular flexibility index (Phi) is 6.15. The van der Waals surface area contributed by atoms with Crippen LogP contribution in [-0.4, -0.2) is 29.7 Å². The molecule has 0 radical (unpaired) electrons. The predicted molar refractivity (Wildman–Crippen MR) is 123 cm³/mol. The molecule has 0 unspecified atom stereocenters. The fourth-order valence-corrected chi connectivity index (χ4v) is 5.37. The lowest BCUT2D eigenvalue weighted by molar-refractivity contribution is -0.484. The molecule has 2 atom stereocenters. The first-order chi connectivity index (χ1) is 15.9. The summed E-state index contributed by atoms with van der Waals surface area (Å²) in [7, 11) is 1.50. The van der Waals surface area contributed by atoms with E-state index in [-0.39, 0.29) is 0 Å². The molecule has 1 fully saturated rings. The third kappa shape index (κ3) is 4.07. The minimum Gasteiger partial charge on any atom is -0.497 e. The summed E-state index contributed by atoms with van der Waals surface area (Å²) >= 11 is 0.744. The molecule has 33 heavy (non-hydrogen) atoms. The fourth-order valence-electron chi connectivity index (χ4n) is 4.03. The molecule has 1 saturated heterocycles. The summed E-state index contributed by atoms with van der Waals surface area (Å²) in [5.41, 5.74) is 1.18. The second-order valence-corrected chi connectivity index (χ2v) is 8.62. The number of benzene rings is 3. The third-order valence-electron chi connectivity index (χ3n) is 5.58. The van der Waals surface area contributed by atoms with Crippen molar-refractivity contribution >= 4 is 28.6 Å². The Labute approximate surface area is 193 Å². The molecule has 7 nitrogen and oxygen atoms in total. The Bertz CT molecular complexity index is 1190. The summed E-state index contributed by atoms with van der Waals surface area (Å²) in [4.78, 5) is 39.4. The zero-order valence-corrected chi connectivity index (χ0v) is 18.3. The van der Waals surface area contributed by atoms with Gasteiger partial charge in [-0.05, 0) is 59.3 Å². The number of ether oxygens (including phenoxy) is 1. The first-order valence-corrected chi connectivity index (χ1v) is 10.8. The highest BCUT2D eigenvalue weighted by Crippen LogP contribution is 2.55. The number of halogens is 1. The highest BCUT2D eigenvalue weighted by atomic mass is 32.2. The highest BCUT2D eigenvalue weighted by Gasteiger charge is 2.60. The standard InChI is InChI=1S/C24H19FN2O5S/c1-32-20-13-11-19(12-14-20)27-22(28)24(33-23(27)29,17-5-3-2-4-6-17)21(15-26(30)31)16-7-9-18(25)10-8-16/h2-14,21H,15H2,1H3/t21-,24-/m1/s1. The first-order valence-electron chi connectivity index (χ1n) is 10.0. The molecular weight excluding hydrogens is 447 g/mol. The number of nitrogens with zero attached hydrogens (tertiary/aromatic N) is 2. The van der Waals surface area contributed by atoms with E-state index in [1.165, 1.54) is 31.4 Å². The minimum absolute atomic E-state index is 0.329. The predicted octanol–water partition coefficient (Wildman–Crippen LogP) is 4.99. The molecule has 9 heteroatoms. The highest BCUT2D eigenvalue weighted by molar-refractivity contribution is 8.16. The lowest BCUT2D eigenvalue weighted by Crippen LogP contribution is -2.44. The number of anilines is 1. The Morgan fingerprint density at radius 3 is 2.24 bits per heavy atom. The van der Waals surface area contributed by atoms with E-state index in [2.05, 4.69) is 0 Å². The number of nitro groups is 1. The maximum atomic E-state index is 14.0. The van der Waals surface area contributed by atoms with Crippen LogP contribution >= 0.6 is 11.8 Å². The summed E-state index contributed by atoms with van der Waals surface area (Å²) < 4.78 is 17.2. The zero-order chi connectivity index (χ0) is 23.6. The van der Waals surface area contributed by atoms with Crippen LogP contribution in [0.25, 0.3) is 0 Å². The number of hydrogen-bond acceptors (Lipinski definition) is 6. The Morgan fingerprint density at radius 2 is 1.67 bits per heavy atom. The van der Waals surface area contributed by atoms with Crippen molar-refractivity contribution in [3.05, 3.63) is 106 Å². The van der Waals surface area contributed by atoms with E-state index in [0.29, 0.717) is 22.6 Å². The number of amides is 2. The smallest absolute Gasteiger partial charge is 0.294 e. The van der Waals surface area contributed by atoms with Crippen molar-refractivity contribution in [1.29, 1.82) is 0 Å². The quantitative estimate of drug-likeness (QED) is 0.360. The van der Waals surface area contributed by atoms with Gasteiger partial charge in [0.25, 0.3) is 11.1 Å². The normalized spacial score (nSPS) is 18.9. The Balaban J connectivity index is 1.90. The maximum absolute atomic E-state index is 14.0. The van der Waals surface area contributed by atoms with Gasteiger partial charge in [0.1, 0.15) is 16.3 Å². The summed E-state index contributed by atoms with van der Waals surface area (Å²) in [6, 6.07) is 20.1. The van der Waals surface area contributed by atoms with Crippen molar-refractivity contribution in [2.45, 2.75) is 10.7 Å². The van der Waals surface area contributed by atoms with Crippen LogP contribution in [0.3, 0.4) is 0 Å². The monoisotopic (exact) mass is 466 g/mol. The third-order valence-corrected chi connectivity index (χ3v) is 6.95. The lowest BCUT2D eigenvalue weighted by Gasteiger charge is -2.32. The first kappa shape index (κ1) is 22.5. The van der Waals surface area contributed by atoms with Crippen LogP contribution in [-0.2, 0) is 9.54 Å². The van der Waals surface area contributed by atoms with Crippen molar-refractivity contribution in [2.24, 2.45) is 0 Å². The molecular formula is C24H19FN2O5S. The number of thioether (sulfide) groups is 1. The number of methoxy groups -OCH3 is 1. The molecule has 168 valence electrons. The van der Waals surface area contributed by atoms with E-state index in [9.17, 15) is 24.1 Å². The van der Waals surface area contributed by atoms with Crippen molar-refractivity contribution in [1.82, 2.24) is 0 Å². The molecule has 1 heterocycles. The van der Waals surface area contributed by atoms with Crippen LogP contribution < -0.4 is 9.64 Å². The van der Waals surface area contributed by atoms with Gasteiger partial charge in [0.2, 0.25) is 6.54 Å². The van der Waals surface area contributed by atoms with Crippen LogP contribution in [0.4, 0.5) is 14.9 Å². The zero-order valence-electron chi connectivity index (χ0n) is 17.5. The molecule has 1 aliphatic rings. The van der Waals surface area contributed by atoms with E-state index in [0.717, 1.165) is 16.7 Å². The van der Waals surface area contributed by atoms with Crippen LogP contribution in [0.2, 0.25) is 0 Å². The van der Waals surface area contributed by atoms with Gasteiger partial charge in [-0.2, -0.15) is 0 Å². The number of rotatable bonds is 7. The summed E-state index contributed by atoms with van der Waals surface area (Å²) in [5.74, 6) is -1.57. The van der Waals surface area contributed by atoms with Crippen LogP contribution in [0.15, 0.2) is 78.9 Å². The molecule has 3 aromatic rings. The van der Waals surface area contributed by atoms with E-state index < -0.39 is 39.1 Å². The van der Waals surface area contributed by atoms with Crippen LogP contribution in [0.1, 0.15) is 17.0 Å². The van der Waals surface area contributed by atoms with Gasteiger partial charge >= 0.3 is 0 Å². The van der Waals surface area contributed by atoms with E-state index in [1.807, 2.05) is 0 Å². The van der Waals surface area contributed by atoms with Crippen molar-refractivity contribution in [2.75, 3.05) is 18.6 Å². The van der Waals surface area contributed by atoms with Crippen molar-refractivity contribution in [3.63, 3.8) is 0 Å². The maximum Gasteiger partial charge on any atom is 0.294 e. The minimum atomic E-state index is -1.61. The van der Waals surface area contributed by atoms with Gasteiger partial charge in [-0.3, -0.25) is 19.7 Å². The van der Waals surface area contributed by atoms with E-state index in [1.54, 1.807) is 54.6 Å². The Morgan fingerprint density at radius 1 is 1.03 bits per heavy atom. The van der Waals surface area contributed by atoms with Gasteiger partial charge in [0, 0.05) is 4.92 Å². The van der Waals surface area contributed by atoms with Crippen molar-refractivity contribution < 1.29 is 23.6 Å². The molecule has 0 aromatic heterocycles. The molecule has 1 aliphatic heterocycles. The largest absolute Gasteiger partial charge is 0.497 e.